The number of rotatable bonds is 2. The van der Waals surface area contributed by atoms with E-state index in [1.54, 1.807) is 22.7 Å². The Labute approximate surface area is 127 Å². The molecule has 0 bridgehead atoms. The number of hydrogen-bond donors (Lipinski definition) is 1. The molecular weight excluding hydrogens is 288 g/mol. The molecule has 5 heteroatoms. The lowest BCUT2D eigenvalue weighted by atomic mass is 10.2. The number of aromatic nitrogens is 1. The average Bonchev–Trinajstić information content (AvgIpc) is 2.85. The molecule has 1 amide bonds. The molecule has 0 spiro atoms. The van der Waals surface area contributed by atoms with E-state index < -0.39 is 0 Å². The first kappa shape index (κ1) is 13.8. The van der Waals surface area contributed by atoms with Gasteiger partial charge in [0.15, 0.2) is 5.13 Å². The Balaban J connectivity index is 1.78. The van der Waals surface area contributed by atoms with Gasteiger partial charge in [0, 0.05) is 14.6 Å². The maximum Gasteiger partial charge on any atom is 0.258 e. The molecule has 0 aliphatic heterocycles. The molecule has 1 N–H and O–H groups in total. The minimum absolute atomic E-state index is 0.0317. The predicted octanol–water partition coefficient (Wildman–Crippen LogP) is 4.34. The Morgan fingerprint density at radius 2 is 2.00 bits per heavy atom. The van der Waals surface area contributed by atoms with Crippen LogP contribution in [0.5, 0.6) is 0 Å². The van der Waals surface area contributed by atoms with E-state index in [-0.39, 0.29) is 5.91 Å². The first-order chi connectivity index (χ1) is 9.63. The summed E-state index contributed by atoms with van der Waals surface area (Å²) >= 11 is 3.31. The molecule has 0 unspecified atom stereocenters. The van der Waals surface area contributed by atoms with Crippen molar-refractivity contribution in [2.24, 2.45) is 0 Å². The number of carbonyl (C=O) groups is 1. The molecular formula is C15H18N2OS2. The van der Waals surface area contributed by atoms with Crippen molar-refractivity contribution < 1.29 is 4.79 Å². The van der Waals surface area contributed by atoms with E-state index in [0.717, 1.165) is 28.4 Å². The fourth-order valence-corrected chi connectivity index (χ4v) is 4.57. The molecule has 0 atom stereocenters. The van der Waals surface area contributed by atoms with Gasteiger partial charge >= 0.3 is 0 Å². The highest BCUT2D eigenvalue weighted by Crippen LogP contribution is 2.29. The smallest absolute Gasteiger partial charge is 0.258 e. The van der Waals surface area contributed by atoms with Crippen molar-refractivity contribution in [3.63, 3.8) is 0 Å². The van der Waals surface area contributed by atoms with Gasteiger partial charge < -0.3 is 0 Å². The SMILES string of the molecule is Cc1cc(C(=O)Nc2nc3c(s2)CCCCC3)c(C)s1. The third-order valence-electron chi connectivity index (χ3n) is 3.60. The quantitative estimate of drug-likeness (QED) is 0.838. The van der Waals surface area contributed by atoms with E-state index in [4.69, 9.17) is 0 Å². The lowest BCUT2D eigenvalue weighted by molar-refractivity contribution is 0.102. The van der Waals surface area contributed by atoms with E-state index in [9.17, 15) is 4.79 Å². The summed E-state index contributed by atoms with van der Waals surface area (Å²) in [6, 6.07) is 1.95. The Bertz CT molecular complexity index is 619. The highest BCUT2D eigenvalue weighted by molar-refractivity contribution is 7.16. The lowest BCUT2D eigenvalue weighted by Crippen LogP contribution is -2.11. The van der Waals surface area contributed by atoms with Crippen LogP contribution in [0, 0.1) is 13.8 Å². The molecule has 0 saturated heterocycles. The van der Waals surface area contributed by atoms with Crippen LogP contribution in [0.2, 0.25) is 0 Å². The second-order valence-electron chi connectivity index (χ2n) is 5.23. The molecule has 0 aromatic carbocycles. The van der Waals surface area contributed by atoms with E-state index in [2.05, 4.69) is 10.3 Å². The van der Waals surface area contributed by atoms with Crippen LogP contribution in [0.25, 0.3) is 0 Å². The van der Waals surface area contributed by atoms with Crippen molar-refractivity contribution in [1.82, 2.24) is 4.98 Å². The van der Waals surface area contributed by atoms with Crippen molar-refractivity contribution in [3.05, 3.63) is 32.0 Å². The molecule has 3 rings (SSSR count). The van der Waals surface area contributed by atoms with Gasteiger partial charge in [-0.25, -0.2) is 4.98 Å². The monoisotopic (exact) mass is 306 g/mol. The van der Waals surface area contributed by atoms with Gasteiger partial charge in [-0.2, -0.15) is 0 Å². The van der Waals surface area contributed by atoms with Gasteiger partial charge in [-0.3, -0.25) is 10.1 Å². The number of hydrogen-bond acceptors (Lipinski definition) is 4. The van der Waals surface area contributed by atoms with Crippen molar-refractivity contribution in [3.8, 4) is 0 Å². The van der Waals surface area contributed by atoms with E-state index in [1.807, 2.05) is 19.9 Å². The first-order valence-corrected chi connectivity index (χ1v) is 8.64. The van der Waals surface area contributed by atoms with Crippen LogP contribution in [0.3, 0.4) is 0 Å². The molecule has 20 heavy (non-hydrogen) atoms. The van der Waals surface area contributed by atoms with Crippen LogP contribution in [-0.4, -0.2) is 10.9 Å². The number of fused-ring (bicyclic) bond motifs is 1. The molecule has 1 aliphatic carbocycles. The maximum absolute atomic E-state index is 12.3. The molecule has 0 radical (unpaired) electrons. The van der Waals surface area contributed by atoms with E-state index >= 15 is 0 Å². The summed E-state index contributed by atoms with van der Waals surface area (Å²) in [6.07, 6.45) is 5.91. The third kappa shape index (κ3) is 2.79. The molecule has 106 valence electrons. The standard InChI is InChI=1S/C15H18N2OS2/c1-9-8-11(10(2)19-9)14(18)17-15-16-12-6-4-3-5-7-13(12)20-15/h8H,3-7H2,1-2H3,(H,16,17,18). The van der Waals surface area contributed by atoms with Gasteiger partial charge in [-0.1, -0.05) is 6.42 Å². The molecule has 0 fully saturated rings. The second kappa shape index (κ2) is 5.66. The number of thiophene rings is 1. The van der Waals surface area contributed by atoms with Gasteiger partial charge in [0.25, 0.3) is 5.91 Å². The number of anilines is 1. The topological polar surface area (TPSA) is 42.0 Å². The highest BCUT2D eigenvalue weighted by atomic mass is 32.1. The van der Waals surface area contributed by atoms with Crippen molar-refractivity contribution in [2.45, 2.75) is 46.0 Å². The summed E-state index contributed by atoms with van der Waals surface area (Å²) in [4.78, 5) is 20.5. The maximum atomic E-state index is 12.3. The highest BCUT2D eigenvalue weighted by Gasteiger charge is 2.17. The number of amides is 1. The number of nitrogens with zero attached hydrogens (tertiary/aromatic N) is 1. The number of aryl methyl sites for hydroxylation is 4. The summed E-state index contributed by atoms with van der Waals surface area (Å²) in [7, 11) is 0. The lowest BCUT2D eigenvalue weighted by Gasteiger charge is -2.00. The van der Waals surface area contributed by atoms with Crippen molar-refractivity contribution in [1.29, 1.82) is 0 Å². The summed E-state index contributed by atoms with van der Waals surface area (Å²) < 4.78 is 0. The molecule has 3 nitrogen and oxygen atoms in total. The zero-order valence-electron chi connectivity index (χ0n) is 11.8. The van der Waals surface area contributed by atoms with E-state index in [1.165, 1.54) is 34.7 Å². The Morgan fingerprint density at radius 1 is 1.20 bits per heavy atom. The Hall–Kier alpha value is -1.20. The van der Waals surface area contributed by atoms with Gasteiger partial charge in [-0.05, 0) is 45.6 Å². The summed E-state index contributed by atoms with van der Waals surface area (Å²) in [5, 5.41) is 3.72. The van der Waals surface area contributed by atoms with Crippen LogP contribution in [0.1, 0.15) is 49.9 Å². The van der Waals surface area contributed by atoms with Gasteiger partial charge in [0.05, 0.1) is 11.3 Å². The normalized spacial score (nSPS) is 14.7. The number of thiazole rings is 1. The van der Waals surface area contributed by atoms with Crippen molar-refractivity contribution in [2.75, 3.05) is 5.32 Å². The molecule has 1 aliphatic rings. The summed E-state index contributed by atoms with van der Waals surface area (Å²) in [6.45, 7) is 4.02. The fourth-order valence-electron chi connectivity index (χ4n) is 2.60. The van der Waals surface area contributed by atoms with Crippen LogP contribution in [0.15, 0.2) is 6.07 Å². The zero-order chi connectivity index (χ0) is 14.1. The number of carbonyl (C=O) groups excluding carboxylic acids is 1. The van der Waals surface area contributed by atoms with Gasteiger partial charge in [0.2, 0.25) is 0 Å². The molecule has 2 aromatic rings. The first-order valence-electron chi connectivity index (χ1n) is 7.00. The minimum Gasteiger partial charge on any atom is -0.298 e. The number of nitrogens with one attached hydrogen (secondary N) is 1. The molecule has 2 aromatic heterocycles. The zero-order valence-corrected chi connectivity index (χ0v) is 13.4. The van der Waals surface area contributed by atoms with Gasteiger partial charge in [0.1, 0.15) is 0 Å². The molecule has 2 heterocycles. The summed E-state index contributed by atoms with van der Waals surface area (Å²) in [5.41, 5.74) is 1.97. The van der Waals surface area contributed by atoms with Gasteiger partial charge in [-0.15, -0.1) is 22.7 Å². The van der Waals surface area contributed by atoms with Crippen LogP contribution >= 0.6 is 22.7 Å². The minimum atomic E-state index is -0.0317. The largest absolute Gasteiger partial charge is 0.298 e. The third-order valence-corrected chi connectivity index (χ3v) is 5.64. The van der Waals surface area contributed by atoms with Crippen LogP contribution in [-0.2, 0) is 12.8 Å². The van der Waals surface area contributed by atoms with E-state index in [0.29, 0.717) is 0 Å². The predicted molar refractivity (Wildman–Crippen MR) is 85.1 cm³/mol. The van der Waals surface area contributed by atoms with Crippen molar-refractivity contribution >= 4 is 33.7 Å². The fraction of sp³-hybridized carbons (Fsp3) is 0.467. The summed E-state index contributed by atoms with van der Waals surface area (Å²) in [5.74, 6) is -0.0317. The Morgan fingerprint density at radius 3 is 2.75 bits per heavy atom. The molecule has 0 saturated carbocycles. The van der Waals surface area contributed by atoms with Crippen LogP contribution in [0.4, 0.5) is 5.13 Å². The average molecular weight is 306 g/mol. The van der Waals surface area contributed by atoms with Crippen LogP contribution < -0.4 is 5.32 Å². The second-order valence-corrected chi connectivity index (χ2v) is 7.77. The Kier molecular flexibility index (Phi) is 3.89.